The summed E-state index contributed by atoms with van der Waals surface area (Å²) >= 11 is 6.34. The predicted molar refractivity (Wildman–Crippen MR) is 144 cm³/mol. The van der Waals surface area contributed by atoms with E-state index < -0.39 is 5.97 Å². The molecule has 0 saturated carbocycles. The molecule has 2 aromatic heterocycles. The van der Waals surface area contributed by atoms with Crippen LogP contribution in [0, 0.1) is 0 Å². The Bertz CT molecular complexity index is 1740. The number of nitrogens with zero attached hydrogens (tertiary/aromatic N) is 3. The van der Waals surface area contributed by atoms with E-state index in [1.807, 2.05) is 18.2 Å². The lowest BCUT2D eigenvalue weighted by molar-refractivity contribution is -0.145. The summed E-state index contributed by atoms with van der Waals surface area (Å²) in [4.78, 5) is 29.7. The second-order valence-electron chi connectivity index (χ2n) is 8.08. The second-order valence-corrected chi connectivity index (χ2v) is 8.49. The summed E-state index contributed by atoms with van der Waals surface area (Å²) in [5.74, 6) is 1.04. The third-order valence-corrected chi connectivity index (χ3v) is 5.94. The van der Waals surface area contributed by atoms with Gasteiger partial charge in [0.2, 0.25) is 5.82 Å². The lowest BCUT2D eigenvalue weighted by Crippen LogP contribution is -2.20. The molecule has 192 valence electrons. The summed E-state index contributed by atoms with van der Waals surface area (Å²) in [6.45, 7) is 1.72. The van der Waals surface area contributed by atoms with Crippen LogP contribution in [0.1, 0.15) is 12.5 Å². The van der Waals surface area contributed by atoms with E-state index in [1.165, 1.54) is 10.9 Å². The molecule has 5 aromatic rings. The highest BCUT2D eigenvalue weighted by Crippen LogP contribution is 2.33. The number of aromatic nitrogens is 2. The summed E-state index contributed by atoms with van der Waals surface area (Å²) in [5, 5.41) is 5.86. The van der Waals surface area contributed by atoms with Gasteiger partial charge in [-0.1, -0.05) is 29.8 Å². The third kappa shape index (κ3) is 4.96. The van der Waals surface area contributed by atoms with Crippen LogP contribution in [0.25, 0.3) is 33.5 Å². The number of ether oxygens (including phenoxy) is 3. The maximum absolute atomic E-state index is 13.5. The van der Waals surface area contributed by atoms with Crippen molar-refractivity contribution in [1.29, 1.82) is 0 Å². The van der Waals surface area contributed by atoms with Gasteiger partial charge in [-0.15, -0.1) is 0 Å². The number of methoxy groups -OCH3 is 1. The molecule has 3 aromatic carbocycles. The molecule has 9 nitrogen and oxygen atoms in total. The summed E-state index contributed by atoms with van der Waals surface area (Å²) in [6, 6.07) is 19.1. The number of halogens is 1. The molecule has 0 N–H and O–H groups in total. The van der Waals surface area contributed by atoms with Gasteiger partial charge in [-0.05, 0) is 61.0 Å². The number of hydrogen-bond donors (Lipinski definition) is 0. The number of hydrogen-bond acceptors (Lipinski definition) is 8. The lowest BCUT2D eigenvalue weighted by atomic mass is 10.2. The highest BCUT2D eigenvalue weighted by atomic mass is 35.5. The Hall–Kier alpha value is -4.63. The minimum atomic E-state index is -0.492. The van der Waals surface area contributed by atoms with Gasteiger partial charge in [-0.3, -0.25) is 4.79 Å². The smallest absolute Gasteiger partial charge is 0.344 e. The first-order chi connectivity index (χ1) is 18.5. The molecule has 0 aliphatic heterocycles. The van der Waals surface area contributed by atoms with Crippen molar-refractivity contribution in [3.05, 3.63) is 87.7 Å². The molecule has 5 rings (SSSR count). The second kappa shape index (κ2) is 10.8. The zero-order chi connectivity index (χ0) is 26.6. The number of carbonyl (C=O) groups is 1. The molecule has 0 aliphatic rings. The summed E-state index contributed by atoms with van der Waals surface area (Å²) in [6.07, 6.45) is 1.48. The Balaban J connectivity index is 1.55. The summed E-state index contributed by atoms with van der Waals surface area (Å²) < 4.78 is 22.9. The Morgan fingerprint density at radius 2 is 1.92 bits per heavy atom. The molecule has 0 radical (unpaired) electrons. The number of para-hydroxylation sites is 1. The Labute approximate surface area is 221 Å². The minimum Gasteiger partial charge on any atom is -0.496 e. The fraction of sp³-hybridized carbons (Fsp3) is 0.143. The van der Waals surface area contributed by atoms with Crippen molar-refractivity contribution < 1.29 is 23.4 Å². The zero-order valence-corrected chi connectivity index (χ0v) is 21.3. The van der Waals surface area contributed by atoms with Crippen LogP contribution in [0.5, 0.6) is 11.5 Å². The van der Waals surface area contributed by atoms with Crippen molar-refractivity contribution >= 4 is 45.7 Å². The van der Waals surface area contributed by atoms with E-state index in [4.69, 9.17) is 30.2 Å². The van der Waals surface area contributed by atoms with Crippen LogP contribution >= 0.6 is 11.6 Å². The number of esters is 1. The predicted octanol–water partition coefficient (Wildman–Crippen LogP) is 5.30. The summed E-state index contributed by atoms with van der Waals surface area (Å²) in [5.41, 5.74) is 1.32. The molecule has 10 heteroatoms. The topological polar surface area (TPSA) is 105 Å². The quantitative estimate of drug-likeness (QED) is 0.198. The maximum atomic E-state index is 13.5. The van der Waals surface area contributed by atoms with E-state index in [-0.39, 0.29) is 29.6 Å². The van der Waals surface area contributed by atoms with Gasteiger partial charge in [0.15, 0.2) is 12.4 Å². The van der Waals surface area contributed by atoms with Crippen molar-refractivity contribution in [3.8, 4) is 23.1 Å². The number of rotatable bonds is 8. The SMILES string of the molecule is CCOC(=O)COc1ccc(C=Nn2c(-c3cc4c(OC)cccc4o3)nc3ccccc3c2=O)cc1Cl. The van der Waals surface area contributed by atoms with Gasteiger partial charge in [0.25, 0.3) is 5.56 Å². The molecule has 0 fully saturated rings. The van der Waals surface area contributed by atoms with Crippen molar-refractivity contribution in [2.24, 2.45) is 5.10 Å². The van der Waals surface area contributed by atoms with Gasteiger partial charge < -0.3 is 18.6 Å². The average molecular weight is 532 g/mol. The standard InChI is InChI=1S/C28H22ClN3O6/c1-3-36-26(33)16-37-24-12-11-17(13-20(24)29)15-30-32-27(31-21-8-5-4-7-18(21)28(32)34)25-14-19-22(35-2)9-6-10-23(19)38-25/h4-15H,3,16H2,1-2H3. The molecule has 0 amide bonds. The molecule has 0 atom stereocenters. The normalized spacial score (nSPS) is 11.3. The lowest BCUT2D eigenvalue weighted by Gasteiger charge is -2.09. The van der Waals surface area contributed by atoms with Crippen molar-refractivity contribution in [3.63, 3.8) is 0 Å². The molecule has 2 heterocycles. The van der Waals surface area contributed by atoms with Gasteiger partial charge in [0.1, 0.15) is 17.1 Å². The monoisotopic (exact) mass is 531 g/mol. The highest BCUT2D eigenvalue weighted by molar-refractivity contribution is 6.32. The third-order valence-electron chi connectivity index (χ3n) is 5.64. The number of fused-ring (bicyclic) bond motifs is 2. The minimum absolute atomic E-state index is 0.226. The van der Waals surface area contributed by atoms with Gasteiger partial charge in [-0.25, -0.2) is 9.78 Å². The Morgan fingerprint density at radius 1 is 1.08 bits per heavy atom. The summed E-state index contributed by atoms with van der Waals surface area (Å²) in [7, 11) is 1.58. The van der Waals surface area contributed by atoms with Crippen molar-refractivity contribution in [2.45, 2.75) is 6.92 Å². The van der Waals surface area contributed by atoms with Crippen LogP contribution in [0.3, 0.4) is 0 Å². The van der Waals surface area contributed by atoms with Gasteiger partial charge in [0.05, 0.1) is 41.2 Å². The first-order valence-corrected chi connectivity index (χ1v) is 12.1. The van der Waals surface area contributed by atoms with E-state index in [1.54, 1.807) is 62.6 Å². The average Bonchev–Trinajstić information content (AvgIpc) is 3.36. The molecule has 0 aliphatic carbocycles. The molecule has 38 heavy (non-hydrogen) atoms. The van der Waals surface area contributed by atoms with Crippen LogP contribution in [0.15, 0.2) is 81.0 Å². The molecular formula is C28H22ClN3O6. The van der Waals surface area contributed by atoms with E-state index in [0.29, 0.717) is 39.3 Å². The zero-order valence-electron chi connectivity index (χ0n) is 20.5. The van der Waals surface area contributed by atoms with Crippen LogP contribution in [-0.4, -0.2) is 42.2 Å². The van der Waals surface area contributed by atoms with Gasteiger partial charge in [-0.2, -0.15) is 9.78 Å². The molecule has 0 bridgehead atoms. The van der Waals surface area contributed by atoms with Crippen LogP contribution < -0.4 is 15.0 Å². The van der Waals surface area contributed by atoms with Crippen LogP contribution in [-0.2, 0) is 9.53 Å². The Morgan fingerprint density at radius 3 is 2.71 bits per heavy atom. The van der Waals surface area contributed by atoms with E-state index >= 15 is 0 Å². The number of furan rings is 1. The largest absolute Gasteiger partial charge is 0.496 e. The van der Waals surface area contributed by atoms with Gasteiger partial charge in [0, 0.05) is 0 Å². The van der Waals surface area contributed by atoms with Crippen LogP contribution in [0.4, 0.5) is 0 Å². The molecule has 0 spiro atoms. The van der Waals surface area contributed by atoms with Crippen molar-refractivity contribution in [2.75, 3.05) is 20.3 Å². The van der Waals surface area contributed by atoms with E-state index in [2.05, 4.69) is 10.1 Å². The fourth-order valence-electron chi connectivity index (χ4n) is 3.89. The number of benzene rings is 3. The van der Waals surface area contributed by atoms with Crippen molar-refractivity contribution in [1.82, 2.24) is 9.66 Å². The fourth-order valence-corrected chi connectivity index (χ4v) is 4.13. The first-order valence-electron chi connectivity index (χ1n) is 11.7. The number of carbonyl (C=O) groups excluding carboxylic acids is 1. The maximum Gasteiger partial charge on any atom is 0.344 e. The first kappa shape index (κ1) is 25.0. The highest BCUT2D eigenvalue weighted by Gasteiger charge is 2.18. The van der Waals surface area contributed by atoms with E-state index in [0.717, 1.165) is 5.39 Å². The molecule has 0 saturated heterocycles. The molecular weight excluding hydrogens is 510 g/mol. The molecule has 0 unspecified atom stereocenters. The van der Waals surface area contributed by atoms with Crippen LogP contribution in [0.2, 0.25) is 5.02 Å². The van der Waals surface area contributed by atoms with Gasteiger partial charge >= 0.3 is 5.97 Å². The van der Waals surface area contributed by atoms with E-state index in [9.17, 15) is 9.59 Å². The Kier molecular flexibility index (Phi) is 7.10.